The minimum atomic E-state index is 0.327. The van der Waals surface area contributed by atoms with Crippen molar-refractivity contribution in [3.05, 3.63) is 23.1 Å². The van der Waals surface area contributed by atoms with E-state index in [0.29, 0.717) is 17.2 Å². The Balaban J connectivity index is 1.60. The van der Waals surface area contributed by atoms with Crippen LogP contribution in [0.15, 0.2) is 16.5 Å². The Kier molecular flexibility index (Phi) is 3.80. The molecule has 2 saturated heterocycles. The highest BCUT2D eigenvalue weighted by molar-refractivity contribution is 6.28. The van der Waals surface area contributed by atoms with Crippen LogP contribution in [-0.2, 0) is 11.3 Å². The van der Waals surface area contributed by atoms with Gasteiger partial charge in [-0.15, -0.1) is 0 Å². The number of amides is 1. The summed E-state index contributed by atoms with van der Waals surface area (Å²) in [5, 5.41) is 0.443. The first-order valence-electron chi connectivity index (χ1n) is 6.98. The summed E-state index contributed by atoms with van der Waals surface area (Å²) in [4.78, 5) is 16.2. The van der Waals surface area contributed by atoms with Crippen molar-refractivity contribution in [1.82, 2.24) is 9.80 Å². The van der Waals surface area contributed by atoms with Gasteiger partial charge in [-0.1, -0.05) is 0 Å². The average Bonchev–Trinajstić information content (AvgIpc) is 2.99. The number of furan rings is 1. The Morgan fingerprint density at radius 2 is 2.21 bits per heavy atom. The average molecular weight is 283 g/mol. The highest BCUT2D eigenvalue weighted by Gasteiger charge is 2.31. The summed E-state index contributed by atoms with van der Waals surface area (Å²) in [6.45, 7) is 3.73. The molecule has 1 aromatic heterocycles. The molecule has 1 atom stereocenters. The second-order valence-corrected chi connectivity index (χ2v) is 5.80. The van der Waals surface area contributed by atoms with E-state index in [-0.39, 0.29) is 0 Å². The molecule has 0 bridgehead atoms. The molecule has 0 saturated carbocycles. The normalized spacial score (nSPS) is 25.2. The number of hydrogen-bond donors (Lipinski definition) is 0. The summed E-state index contributed by atoms with van der Waals surface area (Å²) in [7, 11) is 0. The lowest BCUT2D eigenvalue weighted by molar-refractivity contribution is -0.130. The van der Waals surface area contributed by atoms with Crippen molar-refractivity contribution in [2.75, 3.05) is 19.6 Å². The number of halogens is 1. The molecule has 1 amide bonds. The SMILES string of the molecule is O=C1CCCN1[C@@H]1CCCN(Cc2ccc(Cl)o2)C1. The lowest BCUT2D eigenvalue weighted by Gasteiger charge is -2.37. The van der Waals surface area contributed by atoms with Crippen LogP contribution in [0.5, 0.6) is 0 Å². The molecule has 4 nitrogen and oxygen atoms in total. The molecule has 3 rings (SSSR count). The van der Waals surface area contributed by atoms with E-state index in [1.165, 1.54) is 0 Å². The fourth-order valence-corrected chi connectivity index (χ4v) is 3.30. The van der Waals surface area contributed by atoms with E-state index in [1.54, 1.807) is 6.07 Å². The van der Waals surface area contributed by atoms with Gasteiger partial charge in [-0.25, -0.2) is 0 Å². The summed E-state index contributed by atoms with van der Waals surface area (Å²) in [5.74, 6) is 1.23. The van der Waals surface area contributed by atoms with Crippen molar-refractivity contribution in [1.29, 1.82) is 0 Å². The second-order valence-electron chi connectivity index (χ2n) is 5.43. The molecule has 0 radical (unpaired) electrons. The molecule has 3 heterocycles. The first-order chi connectivity index (χ1) is 9.22. The number of hydrogen-bond acceptors (Lipinski definition) is 3. The largest absolute Gasteiger partial charge is 0.448 e. The molecule has 0 unspecified atom stereocenters. The second kappa shape index (κ2) is 5.55. The molecule has 0 N–H and O–H groups in total. The Morgan fingerprint density at radius 1 is 1.32 bits per heavy atom. The molecule has 1 aromatic rings. The van der Waals surface area contributed by atoms with Gasteiger partial charge in [0.2, 0.25) is 5.91 Å². The van der Waals surface area contributed by atoms with E-state index in [4.69, 9.17) is 16.0 Å². The first-order valence-corrected chi connectivity index (χ1v) is 7.36. The third-order valence-electron chi connectivity index (χ3n) is 4.04. The van der Waals surface area contributed by atoms with Crippen molar-refractivity contribution in [3.8, 4) is 0 Å². The Bertz CT molecular complexity index is 460. The molecule has 0 aliphatic carbocycles. The first kappa shape index (κ1) is 13.0. The van der Waals surface area contributed by atoms with Crippen LogP contribution in [0.4, 0.5) is 0 Å². The maximum Gasteiger partial charge on any atom is 0.222 e. The highest BCUT2D eigenvalue weighted by atomic mass is 35.5. The molecule has 0 aromatic carbocycles. The van der Waals surface area contributed by atoms with E-state index in [2.05, 4.69) is 9.80 Å². The van der Waals surface area contributed by atoms with Crippen LogP contribution in [0.3, 0.4) is 0 Å². The monoisotopic (exact) mass is 282 g/mol. The minimum Gasteiger partial charge on any atom is -0.448 e. The number of carbonyl (C=O) groups excluding carboxylic acids is 1. The molecule has 104 valence electrons. The van der Waals surface area contributed by atoms with Gasteiger partial charge in [-0.2, -0.15) is 0 Å². The van der Waals surface area contributed by atoms with Gasteiger partial charge in [0.05, 0.1) is 6.54 Å². The van der Waals surface area contributed by atoms with Gasteiger partial charge in [-0.05, 0) is 49.5 Å². The summed E-state index contributed by atoms with van der Waals surface area (Å²) < 4.78 is 5.41. The van der Waals surface area contributed by atoms with Crippen LogP contribution in [0.1, 0.15) is 31.4 Å². The predicted molar refractivity (Wildman–Crippen MR) is 73.0 cm³/mol. The summed E-state index contributed by atoms with van der Waals surface area (Å²) in [6, 6.07) is 4.09. The molecular weight excluding hydrogens is 264 g/mol. The molecule has 5 heteroatoms. The van der Waals surface area contributed by atoms with Crippen LogP contribution in [-0.4, -0.2) is 41.4 Å². The fourth-order valence-electron chi connectivity index (χ4n) is 3.14. The lowest BCUT2D eigenvalue weighted by Crippen LogP contribution is -2.48. The van der Waals surface area contributed by atoms with Crippen molar-refractivity contribution in [2.45, 2.75) is 38.3 Å². The minimum absolute atomic E-state index is 0.327. The van der Waals surface area contributed by atoms with Crippen LogP contribution in [0, 0.1) is 0 Å². The van der Waals surface area contributed by atoms with E-state index >= 15 is 0 Å². The van der Waals surface area contributed by atoms with Gasteiger partial charge in [0.1, 0.15) is 5.76 Å². The summed E-state index contributed by atoms with van der Waals surface area (Å²) in [6.07, 6.45) is 4.01. The molecule has 2 aliphatic heterocycles. The van der Waals surface area contributed by atoms with Gasteiger partial charge in [0, 0.05) is 25.6 Å². The van der Waals surface area contributed by atoms with Gasteiger partial charge < -0.3 is 9.32 Å². The summed E-state index contributed by atoms with van der Waals surface area (Å²) in [5.41, 5.74) is 0. The molecule has 19 heavy (non-hydrogen) atoms. The van der Waals surface area contributed by atoms with Crippen molar-refractivity contribution >= 4 is 17.5 Å². The number of carbonyl (C=O) groups is 1. The van der Waals surface area contributed by atoms with E-state index < -0.39 is 0 Å². The number of rotatable bonds is 3. The standard InChI is InChI=1S/C14H19ClN2O2/c15-13-6-5-12(19-13)10-16-7-1-3-11(9-16)17-8-2-4-14(17)18/h5-6,11H,1-4,7-10H2/t11-/m1/s1. The predicted octanol–water partition coefficient (Wildman–Crippen LogP) is 2.52. The van der Waals surface area contributed by atoms with E-state index in [0.717, 1.165) is 57.6 Å². The quantitative estimate of drug-likeness (QED) is 0.855. The Hall–Kier alpha value is -1.00. The third kappa shape index (κ3) is 2.95. The van der Waals surface area contributed by atoms with Gasteiger partial charge in [0.25, 0.3) is 0 Å². The zero-order chi connectivity index (χ0) is 13.2. The lowest BCUT2D eigenvalue weighted by atomic mass is 10.0. The van der Waals surface area contributed by atoms with Crippen molar-refractivity contribution in [3.63, 3.8) is 0 Å². The van der Waals surface area contributed by atoms with Gasteiger partial charge in [-0.3, -0.25) is 9.69 Å². The zero-order valence-corrected chi connectivity index (χ0v) is 11.7. The zero-order valence-electron chi connectivity index (χ0n) is 11.0. The van der Waals surface area contributed by atoms with Gasteiger partial charge in [0.15, 0.2) is 5.22 Å². The topological polar surface area (TPSA) is 36.7 Å². The van der Waals surface area contributed by atoms with Crippen LogP contribution in [0.25, 0.3) is 0 Å². The smallest absolute Gasteiger partial charge is 0.222 e. The maximum atomic E-state index is 11.8. The van der Waals surface area contributed by atoms with Gasteiger partial charge >= 0.3 is 0 Å². The Labute approximate surface area is 118 Å². The Morgan fingerprint density at radius 3 is 2.89 bits per heavy atom. The maximum absolute atomic E-state index is 11.8. The number of likely N-dealkylation sites (tertiary alicyclic amines) is 2. The molecule has 0 spiro atoms. The van der Waals surface area contributed by atoms with Crippen LogP contribution >= 0.6 is 11.6 Å². The van der Waals surface area contributed by atoms with E-state index in [9.17, 15) is 4.79 Å². The molecule has 2 fully saturated rings. The number of nitrogens with zero attached hydrogens (tertiary/aromatic N) is 2. The van der Waals surface area contributed by atoms with Crippen LogP contribution in [0.2, 0.25) is 5.22 Å². The van der Waals surface area contributed by atoms with Crippen molar-refractivity contribution in [2.24, 2.45) is 0 Å². The van der Waals surface area contributed by atoms with Crippen molar-refractivity contribution < 1.29 is 9.21 Å². The van der Waals surface area contributed by atoms with E-state index in [1.807, 2.05) is 6.07 Å². The molecule has 2 aliphatic rings. The van der Waals surface area contributed by atoms with Crippen LogP contribution < -0.4 is 0 Å². The number of piperidine rings is 1. The summed E-state index contributed by atoms with van der Waals surface area (Å²) >= 11 is 5.79. The molecular formula is C14H19ClN2O2. The third-order valence-corrected chi connectivity index (χ3v) is 4.24. The highest BCUT2D eigenvalue weighted by Crippen LogP contribution is 2.23. The fraction of sp³-hybridized carbons (Fsp3) is 0.643.